The van der Waals surface area contributed by atoms with Gasteiger partial charge in [0.15, 0.2) is 0 Å². The number of sulfonamides is 1. The van der Waals surface area contributed by atoms with Crippen LogP contribution in [0.5, 0.6) is 0 Å². The zero-order valence-corrected chi connectivity index (χ0v) is 10.3. The molecule has 5 heteroatoms. The number of benzene rings is 1. The third-order valence-electron chi connectivity index (χ3n) is 2.15. The summed E-state index contributed by atoms with van der Waals surface area (Å²) < 4.78 is 25.3. The summed E-state index contributed by atoms with van der Waals surface area (Å²) in [5.41, 5.74) is 7.02. The van der Waals surface area contributed by atoms with Crippen LogP contribution < -0.4 is 10.5 Å². The Hall–Kier alpha value is -1.07. The summed E-state index contributed by atoms with van der Waals surface area (Å²) in [6, 6.07) is 7.42. The van der Waals surface area contributed by atoms with E-state index in [4.69, 9.17) is 5.73 Å². The van der Waals surface area contributed by atoms with Crippen molar-refractivity contribution in [3.63, 3.8) is 0 Å². The standard InChI is InChI=1S/C11H18N2O2S/c1-2-3-10-4-6-11(7-5-10)13-16(14,15)9-8-12/h4-7,13H,2-3,8-9,12H2,1H3. The van der Waals surface area contributed by atoms with Crippen molar-refractivity contribution in [2.75, 3.05) is 17.0 Å². The van der Waals surface area contributed by atoms with Crippen LogP contribution in [0, 0.1) is 0 Å². The van der Waals surface area contributed by atoms with Gasteiger partial charge in [0.1, 0.15) is 0 Å². The van der Waals surface area contributed by atoms with E-state index in [1.807, 2.05) is 12.1 Å². The smallest absolute Gasteiger partial charge is 0.233 e. The molecule has 0 saturated heterocycles. The molecule has 0 spiro atoms. The zero-order valence-electron chi connectivity index (χ0n) is 9.44. The maximum Gasteiger partial charge on any atom is 0.233 e. The van der Waals surface area contributed by atoms with Crippen molar-refractivity contribution in [2.45, 2.75) is 19.8 Å². The maximum absolute atomic E-state index is 11.4. The van der Waals surface area contributed by atoms with Crippen molar-refractivity contribution in [3.05, 3.63) is 29.8 Å². The third kappa shape index (κ3) is 4.20. The van der Waals surface area contributed by atoms with Crippen LogP contribution in [-0.4, -0.2) is 20.7 Å². The molecule has 0 fully saturated rings. The summed E-state index contributed by atoms with van der Waals surface area (Å²) in [5.74, 6) is -0.0519. The van der Waals surface area contributed by atoms with Crippen LogP contribution in [0.3, 0.4) is 0 Å². The Morgan fingerprint density at radius 3 is 2.38 bits per heavy atom. The molecule has 0 radical (unpaired) electrons. The van der Waals surface area contributed by atoms with Crippen molar-refractivity contribution in [1.29, 1.82) is 0 Å². The lowest BCUT2D eigenvalue weighted by Crippen LogP contribution is -2.22. The van der Waals surface area contributed by atoms with E-state index in [-0.39, 0.29) is 12.3 Å². The summed E-state index contributed by atoms with van der Waals surface area (Å²) in [4.78, 5) is 0. The predicted molar refractivity (Wildman–Crippen MR) is 66.9 cm³/mol. The molecule has 0 bridgehead atoms. The normalized spacial score (nSPS) is 11.4. The van der Waals surface area contributed by atoms with Crippen molar-refractivity contribution in [3.8, 4) is 0 Å². The van der Waals surface area contributed by atoms with Gasteiger partial charge in [-0.15, -0.1) is 0 Å². The van der Waals surface area contributed by atoms with E-state index in [0.29, 0.717) is 5.69 Å². The van der Waals surface area contributed by atoms with Crippen molar-refractivity contribution in [1.82, 2.24) is 0 Å². The molecule has 0 amide bonds. The first kappa shape index (κ1) is 13.0. The molecule has 0 atom stereocenters. The van der Waals surface area contributed by atoms with Gasteiger partial charge in [-0.3, -0.25) is 4.72 Å². The second kappa shape index (κ2) is 5.86. The van der Waals surface area contributed by atoms with Gasteiger partial charge in [-0.2, -0.15) is 0 Å². The monoisotopic (exact) mass is 242 g/mol. The van der Waals surface area contributed by atoms with E-state index in [0.717, 1.165) is 12.8 Å². The van der Waals surface area contributed by atoms with E-state index in [9.17, 15) is 8.42 Å². The molecule has 0 aliphatic heterocycles. The van der Waals surface area contributed by atoms with E-state index in [1.165, 1.54) is 5.56 Å². The Labute approximate surface area is 96.9 Å². The van der Waals surface area contributed by atoms with Crippen molar-refractivity contribution in [2.24, 2.45) is 5.73 Å². The van der Waals surface area contributed by atoms with Gasteiger partial charge in [-0.1, -0.05) is 25.5 Å². The molecule has 4 nitrogen and oxygen atoms in total. The highest BCUT2D eigenvalue weighted by Gasteiger charge is 2.08. The second-order valence-corrected chi connectivity index (χ2v) is 5.50. The minimum atomic E-state index is -3.28. The van der Waals surface area contributed by atoms with E-state index in [2.05, 4.69) is 11.6 Å². The van der Waals surface area contributed by atoms with Gasteiger partial charge in [0, 0.05) is 12.2 Å². The first-order valence-corrected chi connectivity index (χ1v) is 7.02. The van der Waals surface area contributed by atoms with Crippen LogP contribution in [0.25, 0.3) is 0 Å². The Bertz CT molecular complexity index is 412. The molecule has 0 aliphatic carbocycles. The average Bonchev–Trinajstić information content (AvgIpc) is 2.21. The molecule has 0 aromatic heterocycles. The molecule has 0 heterocycles. The fourth-order valence-corrected chi connectivity index (χ4v) is 2.32. The van der Waals surface area contributed by atoms with Gasteiger partial charge < -0.3 is 5.73 Å². The topological polar surface area (TPSA) is 72.2 Å². The van der Waals surface area contributed by atoms with Gasteiger partial charge in [-0.05, 0) is 24.1 Å². The maximum atomic E-state index is 11.4. The largest absolute Gasteiger partial charge is 0.329 e. The van der Waals surface area contributed by atoms with E-state index in [1.54, 1.807) is 12.1 Å². The first-order valence-electron chi connectivity index (χ1n) is 5.37. The highest BCUT2D eigenvalue weighted by molar-refractivity contribution is 7.92. The van der Waals surface area contributed by atoms with E-state index >= 15 is 0 Å². The van der Waals surface area contributed by atoms with Gasteiger partial charge in [-0.25, -0.2) is 8.42 Å². The van der Waals surface area contributed by atoms with Crippen LogP contribution in [0.15, 0.2) is 24.3 Å². The summed E-state index contributed by atoms with van der Waals surface area (Å²) in [6.45, 7) is 2.24. The summed E-state index contributed by atoms with van der Waals surface area (Å²) in [5, 5.41) is 0. The van der Waals surface area contributed by atoms with Crippen LogP contribution in [-0.2, 0) is 16.4 Å². The molecule has 1 aromatic rings. The number of nitrogens with one attached hydrogen (secondary N) is 1. The first-order chi connectivity index (χ1) is 7.57. The second-order valence-electron chi connectivity index (χ2n) is 3.66. The Morgan fingerprint density at radius 1 is 1.25 bits per heavy atom. The summed E-state index contributed by atoms with van der Waals surface area (Å²) in [6.07, 6.45) is 2.09. The Balaban J connectivity index is 2.68. The lowest BCUT2D eigenvalue weighted by Gasteiger charge is -2.07. The molecular weight excluding hydrogens is 224 g/mol. The van der Waals surface area contributed by atoms with Gasteiger partial charge in [0.05, 0.1) is 5.75 Å². The molecule has 0 aliphatic rings. The molecular formula is C11H18N2O2S. The fourth-order valence-electron chi connectivity index (χ4n) is 1.41. The number of aryl methyl sites for hydroxylation is 1. The molecule has 3 N–H and O–H groups in total. The lowest BCUT2D eigenvalue weighted by atomic mass is 10.1. The average molecular weight is 242 g/mol. The molecule has 0 saturated carbocycles. The number of hydrogen-bond donors (Lipinski definition) is 2. The summed E-state index contributed by atoms with van der Waals surface area (Å²) >= 11 is 0. The Kier molecular flexibility index (Phi) is 4.76. The van der Waals surface area contributed by atoms with Crippen LogP contribution >= 0.6 is 0 Å². The molecule has 1 aromatic carbocycles. The van der Waals surface area contributed by atoms with E-state index < -0.39 is 10.0 Å². The van der Waals surface area contributed by atoms with Crippen LogP contribution in [0.4, 0.5) is 5.69 Å². The van der Waals surface area contributed by atoms with Crippen LogP contribution in [0.2, 0.25) is 0 Å². The van der Waals surface area contributed by atoms with Crippen molar-refractivity contribution >= 4 is 15.7 Å². The highest BCUT2D eigenvalue weighted by atomic mass is 32.2. The summed E-state index contributed by atoms with van der Waals surface area (Å²) in [7, 11) is -3.28. The fraction of sp³-hybridized carbons (Fsp3) is 0.455. The van der Waals surface area contributed by atoms with Gasteiger partial charge in [0.2, 0.25) is 10.0 Å². The Morgan fingerprint density at radius 2 is 1.88 bits per heavy atom. The third-order valence-corrected chi connectivity index (χ3v) is 3.47. The zero-order chi connectivity index (χ0) is 12.0. The predicted octanol–water partition coefficient (Wildman–Crippen LogP) is 1.34. The quantitative estimate of drug-likeness (QED) is 0.790. The van der Waals surface area contributed by atoms with Crippen molar-refractivity contribution < 1.29 is 8.42 Å². The molecule has 1 rings (SSSR count). The minimum Gasteiger partial charge on any atom is -0.329 e. The van der Waals surface area contributed by atoms with Gasteiger partial charge in [0.25, 0.3) is 0 Å². The minimum absolute atomic E-state index is 0.0519. The van der Waals surface area contributed by atoms with Gasteiger partial charge >= 0.3 is 0 Å². The number of rotatable bonds is 6. The highest BCUT2D eigenvalue weighted by Crippen LogP contribution is 2.12. The molecule has 16 heavy (non-hydrogen) atoms. The number of hydrogen-bond acceptors (Lipinski definition) is 3. The number of anilines is 1. The van der Waals surface area contributed by atoms with Crippen LogP contribution in [0.1, 0.15) is 18.9 Å². The molecule has 0 unspecified atom stereocenters. The SMILES string of the molecule is CCCc1ccc(NS(=O)(=O)CCN)cc1. The lowest BCUT2D eigenvalue weighted by molar-refractivity contribution is 0.601. The molecule has 90 valence electrons. The number of nitrogens with two attached hydrogens (primary N) is 1.